The summed E-state index contributed by atoms with van der Waals surface area (Å²) in [7, 11) is 1.64. The summed E-state index contributed by atoms with van der Waals surface area (Å²) in [6, 6.07) is 10.4. The van der Waals surface area contributed by atoms with Crippen LogP contribution in [0.4, 0.5) is 0 Å². The van der Waals surface area contributed by atoms with Gasteiger partial charge in [0.05, 0.1) is 17.3 Å². The Morgan fingerprint density at radius 3 is 2.62 bits per heavy atom. The van der Waals surface area contributed by atoms with E-state index in [-0.39, 0.29) is 5.92 Å². The van der Waals surface area contributed by atoms with Gasteiger partial charge in [0.15, 0.2) is 12.0 Å². The Balaban J connectivity index is 1.21. The number of oxime groups is 1. The summed E-state index contributed by atoms with van der Waals surface area (Å²) in [5.74, 6) is 2.07. The molecule has 1 saturated carbocycles. The Hall–Kier alpha value is -3.50. The quantitative estimate of drug-likeness (QED) is 0.281. The summed E-state index contributed by atoms with van der Waals surface area (Å²) < 4.78 is 11.9. The predicted octanol–water partition coefficient (Wildman–Crippen LogP) is 6.20. The largest absolute Gasteiger partial charge is 0.456 e. The highest BCUT2D eigenvalue weighted by atomic mass is 16.6. The zero-order valence-corrected chi connectivity index (χ0v) is 23.1. The molecule has 2 fully saturated rings. The van der Waals surface area contributed by atoms with Gasteiger partial charge in [0.25, 0.3) is 0 Å². The molecule has 1 saturated heterocycles. The smallest absolute Gasteiger partial charge is 0.231 e. The van der Waals surface area contributed by atoms with Crippen LogP contribution in [-0.4, -0.2) is 55.3 Å². The number of rotatable bonds is 9. The second kappa shape index (κ2) is 13.5. The fourth-order valence-corrected chi connectivity index (χ4v) is 6.19. The Morgan fingerprint density at radius 1 is 1.10 bits per heavy atom. The van der Waals surface area contributed by atoms with Crippen molar-refractivity contribution in [2.45, 2.75) is 57.3 Å². The number of hydrogen-bond donors (Lipinski definition) is 0. The second-order valence-corrected chi connectivity index (χ2v) is 10.7. The van der Waals surface area contributed by atoms with Crippen molar-refractivity contribution in [2.24, 2.45) is 11.1 Å². The van der Waals surface area contributed by atoms with Gasteiger partial charge in [-0.2, -0.15) is 5.26 Å². The highest BCUT2D eigenvalue weighted by Crippen LogP contribution is 2.35. The number of allylic oxidation sites excluding steroid dienone is 4. The maximum Gasteiger partial charge on any atom is 0.231 e. The van der Waals surface area contributed by atoms with E-state index in [1.165, 1.54) is 24.8 Å². The number of nitriles is 1. The Bertz CT molecular complexity index is 1180. The van der Waals surface area contributed by atoms with Crippen LogP contribution in [0.3, 0.4) is 0 Å². The summed E-state index contributed by atoms with van der Waals surface area (Å²) in [5, 5.41) is 14.5. The van der Waals surface area contributed by atoms with Gasteiger partial charge in [-0.15, -0.1) is 0 Å². The maximum atomic E-state index is 9.88. The number of piperazine rings is 1. The highest BCUT2D eigenvalue weighted by molar-refractivity contribution is 5.93. The molecule has 7 nitrogen and oxygen atoms in total. The van der Waals surface area contributed by atoms with Crippen LogP contribution in [-0.2, 0) is 14.3 Å². The summed E-state index contributed by atoms with van der Waals surface area (Å²) in [4.78, 5) is 10.2. The minimum absolute atomic E-state index is 0.0761. The third-order valence-electron chi connectivity index (χ3n) is 8.36. The van der Waals surface area contributed by atoms with Crippen LogP contribution in [0.25, 0.3) is 0 Å². The molecule has 206 valence electrons. The van der Waals surface area contributed by atoms with Crippen molar-refractivity contribution in [3.8, 4) is 6.07 Å². The molecule has 4 aliphatic rings. The Morgan fingerprint density at radius 2 is 1.92 bits per heavy atom. The minimum atomic E-state index is 0.0761. The second-order valence-electron chi connectivity index (χ2n) is 10.7. The van der Waals surface area contributed by atoms with Gasteiger partial charge in [-0.25, -0.2) is 0 Å². The summed E-state index contributed by atoms with van der Waals surface area (Å²) in [6.45, 7) is 4.59. The van der Waals surface area contributed by atoms with Gasteiger partial charge in [-0.1, -0.05) is 60.8 Å². The molecule has 0 amide bonds. The molecule has 0 radical (unpaired) electrons. The van der Waals surface area contributed by atoms with Crippen LogP contribution in [0.5, 0.6) is 0 Å². The van der Waals surface area contributed by atoms with E-state index in [2.05, 4.69) is 45.3 Å². The van der Waals surface area contributed by atoms with Crippen molar-refractivity contribution in [1.29, 1.82) is 5.26 Å². The molecule has 1 aromatic carbocycles. The van der Waals surface area contributed by atoms with Crippen LogP contribution in [0.2, 0.25) is 0 Å². The van der Waals surface area contributed by atoms with Crippen molar-refractivity contribution in [2.75, 3.05) is 39.8 Å². The highest BCUT2D eigenvalue weighted by Gasteiger charge is 2.31. The summed E-state index contributed by atoms with van der Waals surface area (Å²) in [5.41, 5.74) is 4.10. The summed E-state index contributed by atoms with van der Waals surface area (Å²) >= 11 is 0. The minimum Gasteiger partial charge on any atom is -0.456 e. The van der Waals surface area contributed by atoms with Gasteiger partial charge < -0.3 is 19.2 Å². The molecule has 7 heteroatoms. The Labute approximate surface area is 232 Å². The molecule has 2 aliphatic carbocycles. The molecule has 0 bridgehead atoms. The van der Waals surface area contributed by atoms with E-state index in [1.54, 1.807) is 19.6 Å². The normalized spacial score (nSPS) is 21.6. The van der Waals surface area contributed by atoms with Crippen LogP contribution < -0.4 is 0 Å². The molecule has 1 aromatic rings. The predicted molar refractivity (Wildman–Crippen MR) is 152 cm³/mol. The van der Waals surface area contributed by atoms with Gasteiger partial charge in [0.2, 0.25) is 5.88 Å². The van der Waals surface area contributed by atoms with Crippen LogP contribution >= 0.6 is 0 Å². The maximum absolute atomic E-state index is 9.88. The average Bonchev–Trinajstić information content (AvgIpc) is 3.02. The van der Waals surface area contributed by atoms with Gasteiger partial charge in [-0.3, -0.25) is 4.90 Å². The lowest BCUT2D eigenvalue weighted by Crippen LogP contribution is -2.46. The van der Waals surface area contributed by atoms with E-state index >= 15 is 0 Å². The Kier molecular flexibility index (Phi) is 9.39. The lowest BCUT2D eigenvalue weighted by Gasteiger charge is -2.37. The van der Waals surface area contributed by atoms with Crippen LogP contribution in [0.15, 0.2) is 77.4 Å². The monoisotopic (exact) mass is 528 g/mol. The van der Waals surface area contributed by atoms with E-state index in [0.717, 1.165) is 93.3 Å². The summed E-state index contributed by atoms with van der Waals surface area (Å²) in [6.07, 6.45) is 18.8. The molecular weight excluding hydrogens is 488 g/mol. The average molecular weight is 529 g/mol. The fourth-order valence-electron chi connectivity index (χ4n) is 6.19. The van der Waals surface area contributed by atoms with Crippen molar-refractivity contribution < 1.29 is 14.3 Å². The van der Waals surface area contributed by atoms with Crippen LogP contribution in [0.1, 0.15) is 68.4 Å². The van der Waals surface area contributed by atoms with Gasteiger partial charge >= 0.3 is 0 Å². The van der Waals surface area contributed by atoms with Crippen molar-refractivity contribution in [3.63, 3.8) is 0 Å². The van der Waals surface area contributed by atoms with E-state index in [1.807, 2.05) is 18.2 Å². The van der Waals surface area contributed by atoms with E-state index in [0.29, 0.717) is 5.92 Å². The zero-order valence-electron chi connectivity index (χ0n) is 23.1. The molecule has 5 rings (SSSR count). The number of benzene rings is 1. The molecule has 1 atom stereocenters. The van der Waals surface area contributed by atoms with Crippen LogP contribution in [0, 0.1) is 17.2 Å². The number of ether oxygens (including phenoxy) is 2. The molecule has 2 heterocycles. The van der Waals surface area contributed by atoms with Gasteiger partial charge in [0.1, 0.15) is 13.4 Å². The first-order valence-corrected chi connectivity index (χ1v) is 14.4. The first kappa shape index (κ1) is 27.1. The first-order valence-electron chi connectivity index (χ1n) is 14.4. The zero-order chi connectivity index (χ0) is 26.9. The number of hydrogen-bond acceptors (Lipinski definition) is 7. The molecule has 0 N–H and O–H groups in total. The first-order chi connectivity index (χ1) is 19.3. The van der Waals surface area contributed by atoms with E-state index < -0.39 is 0 Å². The van der Waals surface area contributed by atoms with Crippen molar-refractivity contribution in [1.82, 2.24) is 9.80 Å². The van der Waals surface area contributed by atoms with Crippen molar-refractivity contribution in [3.05, 3.63) is 83.4 Å². The third kappa shape index (κ3) is 6.75. The molecule has 0 aromatic heterocycles. The molecular formula is C32H40N4O3. The number of nitrogens with zero attached hydrogens (tertiary/aromatic N) is 4. The molecule has 2 aliphatic heterocycles. The molecule has 1 unspecified atom stereocenters. The SMILES string of the molecule is CON=C(C1CCCCC1)C(CCN1CCN(C2=COC(C3=CC=CCC3)=CO2)CC1)c1ccccc1C#N. The van der Waals surface area contributed by atoms with E-state index in [4.69, 9.17) is 14.3 Å². The van der Waals surface area contributed by atoms with Gasteiger partial charge in [0, 0.05) is 38.0 Å². The van der Waals surface area contributed by atoms with Crippen molar-refractivity contribution >= 4 is 5.71 Å². The standard InChI is InChI=1S/C32H40N4O3/c1-37-34-32(26-12-6-3-7-13-26)29(28-15-9-8-14-27(28)22-33)16-17-35-18-20-36(21-19-35)31-24-38-30(23-39-31)25-10-4-2-5-11-25/h2,4,8-10,14-15,23-24,26,29H,3,5-7,11-13,16-21H2,1H3. The topological polar surface area (TPSA) is 70.3 Å². The molecule has 39 heavy (non-hydrogen) atoms. The lowest BCUT2D eigenvalue weighted by atomic mass is 9.76. The third-order valence-corrected chi connectivity index (χ3v) is 8.36. The molecule has 0 spiro atoms. The van der Waals surface area contributed by atoms with E-state index in [9.17, 15) is 5.26 Å². The lowest BCUT2D eigenvalue weighted by molar-refractivity contribution is 0.0838. The van der Waals surface area contributed by atoms with Gasteiger partial charge in [-0.05, 0) is 55.9 Å². The fraction of sp³-hybridized carbons (Fsp3) is 0.500.